The van der Waals surface area contributed by atoms with Gasteiger partial charge < -0.3 is 14.7 Å². The quantitative estimate of drug-likeness (QED) is 0.762. The molecule has 0 spiro atoms. The number of benzene rings is 1. The summed E-state index contributed by atoms with van der Waals surface area (Å²) < 4.78 is 5.05. The minimum Gasteiger partial charge on any atom is -0.352 e. The Labute approximate surface area is 160 Å². The van der Waals surface area contributed by atoms with Gasteiger partial charge in [-0.15, -0.1) is 0 Å². The fraction of sp³-hybridized carbons (Fsp3) is 0.550. The topological polar surface area (TPSA) is 74.5 Å². The summed E-state index contributed by atoms with van der Waals surface area (Å²) in [4.78, 5) is 21.2. The van der Waals surface area contributed by atoms with E-state index in [-0.39, 0.29) is 5.91 Å². The molecule has 0 unspecified atom stereocenters. The maximum atomic E-state index is 12.2. The van der Waals surface area contributed by atoms with Gasteiger partial charge >= 0.3 is 0 Å². The lowest BCUT2D eigenvalue weighted by Gasteiger charge is -2.34. The van der Waals surface area contributed by atoms with Crippen LogP contribution in [-0.4, -0.2) is 58.6 Å². The van der Waals surface area contributed by atoms with Gasteiger partial charge in [0.1, 0.15) is 0 Å². The third-order valence-electron chi connectivity index (χ3n) is 5.04. The Morgan fingerprint density at radius 1 is 1.15 bits per heavy atom. The molecule has 1 aliphatic rings. The van der Waals surface area contributed by atoms with Crippen molar-refractivity contribution in [3.8, 4) is 0 Å². The number of aryl methyl sites for hydroxylation is 2. The van der Waals surface area contributed by atoms with Gasteiger partial charge in [-0.25, -0.2) is 0 Å². The van der Waals surface area contributed by atoms with Crippen LogP contribution in [0.15, 0.2) is 28.8 Å². The van der Waals surface area contributed by atoms with Gasteiger partial charge in [0.15, 0.2) is 5.82 Å². The number of carbonyl (C=O) groups is 1. The van der Waals surface area contributed by atoms with Crippen molar-refractivity contribution in [2.75, 3.05) is 32.7 Å². The van der Waals surface area contributed by atoms with Gasteiger partial charge in [-0.05, 0) is 24.6 Å². The van der Waals surface area contributed by atoms with Crippen LogP contribution in [-0.2, 0) is 24.3 Å². The van der Waals surface area contributed by atoms with E-state index in [0.717, 1.165) is 39.3 Å². The molecule has 146 valence electrons. The first-order chi connectivity index (χ1) is 13.1. The fourth-order valence-corrected chi connectivity index (χ4v) is 3.33. The number of rotatable bonds is 8. The van der Waals surface area contributed by atoms with E-state index in [2.05, 4.69) is 50.4 Å². The van der Waals surface area contributed by atoms with Crippen LogP contribution in [0.5, 0.6) is 0 Å². The van der Waals surface area contributed by atoms with E-state index in [0.29, 0.717) is 31.1 Å². The van der Waals surface area contributed by atoms with Crippen LogP contribution < -0.4 is 5.32 Å². The number of likely N-dealkylation sites (N-methyl/N-ethyl adjacent to an activating group) is 1. The van der Waals surface area contributed by atoms with E-state index in [1.165, 1.54) is 11.1 Å². The van der Waals surface area contributed by atoms with E-state index in [1.54, 1.807) is 6.92 Å². The summed E-state index contributed by atoms with van der Waals surface area (Å²) in [6.07, 6.45) is 0.818. The molecule has 1 aromatic carbocycles. The number of piperazine rings is 1. The van der Waals surface area contributed by atoms with Crippen molar-refractivity contribution >= 4 is 5.91 Å². The molecule has 1 aliphatic heterocycles. The highest BCUT2D eigenvalue weighted by molar-refractivity contribution is 5.76. The van der Waals surface area contributed by atoms with Crippen molar-refractivity contribution in [3.63, 3.8) is 0 Å². The molecular formula is C20H29N5O2. The molecule has 1 N–H and O–H groups in total. The Kier molecular flexibility index (Phi) is 6.95. The lowest BCUT2D eigenvalue weighted by atomic mass is 10.1. The number of hydrogen-bond acceptors (Lipinski definition) is 6. The van der Waals surface area contributed by atoms with Gasteiger partial charge in [0.05, 0.1) is 0 Å². The monoisotopic (exact) mass is 371 g/mol. The standard InChI is InChI=1S/C20H29N5O2/c1-3-24-10-12-25(13-11-24)15-18-7-5-4-6-17(18)14-21-19(26)8-9-20-22-16(2)23-27-20/h4-7H,3,8-15H2,1-2H3,(H,21,26). The number of carbonyl (C=O) groups excluding carboxylic acids is 1. The molecule has 0 saturated carbocycles. The van der Waals surface area contributed by atoms with Crippen LogP contribution in [0.4, 0.5) is 0 Å². The Bertz CT molecular complexity index is 737. The van der Waals surface area contributed by atoms with Gasteiger partial charge in [0, 0.05) is 52.1 Å². The Morgan fingerprint density at radius 2 is 1.85 bits per heavy atom. The number of nitrogens with zero attached hydrogens (tertiary/aromatic N) is 4. The molecule has 7 heteroatoms. The summed E-state index contributed by atoms with van der Waals surface area (Å²) >= 11 is 0. The molecule has 7 nitrogen and oxygen atoms in total. The minimum atomic E-state index is -0.00258. The highest BCUT2D eigenvalue weighted by Crippen LogP contribution is 2.14. The highest BCUT2D eigenvalue weighted by atomic mass is 16.5. The third kappa shape index (κ3) is 5.87. The van der Waals surface area contributed by atoms with Crippen molar-refractivity contribution < 1.29 is 9.32 Å². The summed E-state index contributed by atoms with van der Waals surface area (Å²) in [5, 5.41) is 6.75. The van der Waals surface area contributed by atoms with Crippen LogP contribution in [0.1, 0.15) is 36.2 Å². The Morgan fingerprint density at radius 3 is 2.52 bits per heavy atom. The molecule has 0 radical (unpaired) electrons. The molecular weight excluding hydrogens is 342 g/mol. The zero-order valence-electron chi connectivity index (χ0n) is 16.3. The fourth-order valence-electron chi connectivity index (χ4n) is 3.33. The normalized spacial score (nSPS) is 15.8. The molecule has 1 saturated heterocycles. The first-order valence-electron chi connectivity index (χ1n) is 9.71. The third-order valence-corrected chi connectivity index (χ3v) is 5.04. The molecule has 0 bridgehead atoms. The zero-order chi connectivity index (χ0) is 19.1. The molecule has 0 aliphatic carbocycles. The average molecular weight is 371 g/mol. The average Bonchev–Trinajstić information content (AvgIpc) is 3.11. The van der Waals surface area contributed by atoms with Gasteiger partial charge in [0.25, 0.3) is 0 Å². The summed E-state index contributed by atoms with van der Waals surface area (Å²) in [6.45, 7) is 11.0. The van der Waals surface area contributed by atoms with Crippen molar-refractivity contribution in [3.05, 3.63) is 47.1 Å². The second-order valence-corrected chi connectivity index (χ2v) is 6.99. The number of nitrogens with one attached hydrogen (secondary N) is 1. The second kappa shape index (κ2) is 9.62. The predicted molar refractivity (Wildman–Crippen MR) is 103 cm³/mol. The van der Waals surface area contributed by atoms with Crippen molar-refractivity contribution in [2.45, 2.75) is 39.8 Å². The molecule has 1 aromatic heterocycles. The van der Waals surface area contributed by atoms with Crippen molar-refractivity contribution in [2.24, 2.45) is 0 Å². The number of amides is 1. The van der Waals surface area contributed by atoms with Crippen LogP contribution in [0.25, 0.3) is 0 Å². The van der Waals surface area contributed by atoms with Gasteiger partial charge in [-0.3, -0.25) is 9.69 Å². The number of aromatic nitrogens is 2. The minimum absolute atomic E-state index is 0.00258. The Hall–Kier alpha value is -2.25. The lowest BCUT2D eigenvalue weighted by Crippen LogP contribution is -2.45. The predicted octanol–water partition coefficient (Wildman–Crippen LogP) is 1.76. The van der Waals surface area contributed by atoms with Crippen LogP contribution in [0.3, 0.4) is 0 Å². The summed E-state index contributed by atoms with van der Waals surface area (Å²) in [5.74, 6) is 1.10. The molecule has 0 atom stereocenters. The van der Waals surface area contributed by atoms with Gasteiger partial charge in [-0.2, -0.15) is 4.98 Å². The van der Waals surface area contributed by atoms with Gasteiger partial charge in [-0.1, -0.05) is 36.3 Å². The SMILES string of the molecule is CCN1CCN(Cc2ccccc2CNC(=O)CCc2nc(C)no2)CC1. The highest BCUT2D eigenvalue weighted by Gasteiger charge is 2.16. The molecule has 3 rings (SSSR count). The largest absolute Gasteiger partial charge is 0.352 e. The van der Waals surface area contributed by atoms with Crippen LogP contribution in [0, 0.1) is 6.92 Å². The second-order valence-electron chi connectivity index (χ2n) is 6.99. The smallest absolute Gasteiger partial charge is 0.227 e. The van der Waals surface area contributed by atoms with Gasteiger partial charge in [0.2, 0.25) is 11.8 Å². The Balaban J connectivity index is 1.48. The summed E-state index contributed by atoms with van der Waals surface area (Å²) in [5.41, 5.74) is 2.47. The van der Waals surface area contributed by atoms with E-state index >= 15 is 0 Å². The summed E-state index contributed by atoms with van der Waals surface area (Å²) in [7, 11) is 0. The lowest BCUT2D eigenvalue weighted by molar-refractivity contribution is -0.121. The van der Waals surface area contributed by atoms with E-state index in [9.17, 15) is 4.79 Å². The molecule has 2 aromatic rings. The van der Waals surface area contributed by atoms with Crippen molar-refractivity contribution in [1.82, 2.24) is 25.3 Å². The first kappa shape index (κ1) is 19.5. The molecule has 1 amide bonds. The van der Waals surface area contributed by atoms with Crippen LogP contribution in [0.2, 0.25) is 0 Å². The maximum Gasteiger partial charge on any atom is 0.227 e. The van der Waals surface area contributed by atoms with E-state index < -0.39 is 0 Å². The summed E-state index contributed by atoms with van der Waals surface area (Å²) in [6, 6.07) is 8.36. The van der Waals surface area contributed by atoms with Crippen LogP contribution >= 0.6 is 0 Å². The van der Waals surface area contributed by atoms with E-state index in [1.807, 2.05) is 6.07 Å². The molecule has 27 heavy (non-hydrogen) atoms. The van der Waals surface area contributed by atoms with Crippen molar-refractivity contribution in [1.29, 1.82) is 0 Å². The maximum absolute atomic E-state index is 12.2. The molecule has 1 fully saturated rings. The zero-order valence-corrected chi connectivity index (χ0v) is 16.3. The number of hydrogen-bond donors (Lipinski definition) is 1. The first-order valence-corrected chi connectivity index (χ1v) is 9.71. The van der Waals surface area contributed by atoms with E-state index in [4.69, 9.17) is 4.52 Å². The molecule has 2 heterocycles.